The maximum absolute atomic E-state index is 12.1. The molecule has 3 N–H and O–H groups in total. The molecule has 29 heavy (non-hydrogen) atoms. The lowest BCUT2D eigenvalue weighted by atomic mass is 10.2. The summed E-state index contributed by atoms with van der Waals surface area (Å²) in [6.07, 6.45) is 6.61. The predicted molar refractivity (Wildman–Crippen MR) is 116 cm³/mol. The fourth-order valence-corrected chi connectivity index (χ4v) is 2.64. The Labute approximate surface area is 172 Å². The minimum atomic E-state index is -0.113. The van der Waals surface area contributed by atoms with Gasteiger partial charge in [0.15, 0.2) is 5.96 Å². The molecule has 0 bridgehead atoms. The van der Waals surface area contributed by atoms with E-state index in [1.807, 2.05) is 24.3 Å². The molecule has 0 saturated carbocycles. The molecule has 1 aromatic heterocycles. The van der Waals surface area contributed by atoms with Crippen molar-refractivity contribution in [2.75, 3.05) is 32.1 Å². The highest BCUT2D eigenvalue weighted by Gasteiger charge is 2.05. The number of nitrogens with zero attached hydrogens (tertiary/aromatic N) is 3. The number of guanidine groups is 1. The van der Waals surface area contributed by atoms with Crippen molar-refractivity contribution in [2.45, 2.75) is 39.3 Å². The summed E-state index contributed by atoms with van der Waals surface area (Å²) in [6, 6.07) is 9.54. The van der Waals surface area contributed by atoms with Crippen LogP contribution in [0, 0.1) is 0 Å². The average Bonchev–Trinajstić information content (AvgIpc) is 3.22. The van der Waals surface area contributed by atoms with Crippen LogP contribution in [0.1, 0.15) is 31.7 Å². The number of nitrogens with one attached hydrogen (secondary N) is 3. The van der Waals surface area contributed by atoms with E-state index in [0.29, 0.717) is 6.54 Å². The van der Waals surface area contributed by atoms with Crippen molar-refractivity contribution >= 4 is 17.6 Å². The Balaban J connectivity index is 1.70. The van der Waals surface area contributed by atoms with Gasteiger partial charge in [-0.25, -0.2) is 0 Å². The van der Waals surface area contributed by atoms with Crippen molar-refractivity contribution in [3.8, 4) is 0 Å². The summed E-state index contributed by atoms with van der Waals surface area (Å²) in [5.41, 5.74) is 1.81. The minimum absolute atomic E-state index is 0.113. The standard InChI is InChI=1S/C21H32N6O2/c1-3-4-13-29-14-7-10-23-21(22-2)24-16-18-8-5-9-19(15-18)26-20(28)17-27-12-6-11-25-27/h5-6,8-9,11-12,15H,3-4,7,10,13-14,16-17H2,1-2H3,(H,26,28)(H2,22,23,24). The van der Waals surface area contributed by atoms with Gasteiger partial charge in [-0.15, -0.1) is 0 Å². The molecule has 0 aliphatic carbocycles. The zero-order valence-electron chi connectivity index (χ0n) is 17.4. The average molecular weight is 401 g/mol. The SMILES string of the molecule is CCCCOCCCNC(=NC)NCc1cccc(NC(=O)Cn2cccn2)c1. The van der Waals surface area contributed by atoms with Gasteiger partial charge in [0, 0.05) is 51.4 Å². The van der Waals surface area contributed by atoms with Gasteiger partial charge in [-0.05, 0) is 36.6 Å². The number of aliphatic imine (C=N–C) groups is 1. The number of hydrogen-bond acceptors (Lipinski definition) is 4. The molecule has 2 rings (SSSR count). The zero-order valence-corrected chi connectivity index (χ0v) is 17.4. The molecule has 1 heterocycles. The Morgan fingerprint density at radius 3 is 2.83 bits per heavy atom. The highest BCUT2D eigenvalue weighted by molar-refractivity contribution is 5.90. The van der Waals surface area contributed by atoms with Crippen LogP contribution in [0.4, 0.5) is 5.69 Å². The second-order valence-electron chi connectivity index (χ2n) is 6.62. The summed E-state index contributed by atoms with van der Waals surface area (Å²) in [4.78, 5) is 16.3. The van der Waals surface area contributed by atoms with Gasteiger partial charge in [0.2, 0.25) is 5.91 Å². The number of carbonyl (C=O) groups excluding carboxylic acids is 1. The lowest BCUT2D eigenvalue weighted by Gasteiger charge is -2.13. The van der Waals surface area contributed by atoms with E-state index < -0.39 is 0 Å². The van der Waals surface area contributed by atoms with Crippen LogP contribution in [0.5, 0.6) is 0 Å². The fraction of sp³-hybridized carbons (Fsp3) is 0.476. The number of hydrogen-bond donors (Lipinski definition) is 3. The van der Waals surface area contributed by atoms with E-state index in [4.69, 9.17) is 4.74 Å². The first kappa shape index (κ1) is 22.4. The quantitative estimate of drug-likeness (QED) is 0.289. The van der Waals surface area contributed by atoms with E-state index in [1.54, 1.807) is 30.2 Å². The van der Waals surface area contributed by atoms with Crippen molar-refractivity contribution in [2.24, 2.45) is 4.99 Å². The summed E-state index contributed by atoms with van der Waals surface area (Å²) in [6.45, 7) is 5.34. The Hall–Kier alpha value is -2.87. The monoisotopic (exact) mass is 400 g/mol. The molecule has 0 spiro atoms. The Kier molecular flexibility index (Phi) is 10.3. The summed E-state index contributed by atoms with van der Waals surface area (Å²) in [5.74, 6) is 0.629. The van der Waals surface area contributed by atoms with Crippen molar-refractivity contribution in [1.29, 1.82) is 0 Å². The first-order valence-corrected chi connectivity index (χ1v) is 10.1. The molecular weight excluding hydrogens is 368 g/mol. The Morgan fingerprint density at radius 1 is 1.21 bits per heavy atom. The third kappa shape index (κ3) is 9.25. The van der Waals surface area contributed by atoms with Crippen LogP contribution in [-0.2, 0) is 22.6 Å². The van der Waals surface area contributed by atoms with Crippen LogP contribution in [0.25, 0.3) is 0 Å². The van der Waals surface area contributed by atoms with Crippen LogP contribution >= 0.6 is 0 Å². The van der Waals surface area contributed by atoms with E-state index in [9.17, 15) is 4.79 Å². The van der Waals surface area contributed by atoms with Gasteiger partial charge in [0.1, 0.15) is 6.54 Å². The van der Waals surface area contributed by atoms with Crippen LogP contribution < -0.4 is 16.0 Å². The van der Waals surface area contributed by atoms with Gasteiger partial charge >= 0.3 is 0 Å². The number of anilines is 1. The van der Waals surface area contributed by atoms with E-state index >= 15 is 0 Å². The molecule has 0 saturated heterocycles. The molecule has 2 aromatic rings. The summed E-state index contributed by atoms with van der Waals surface area (Å²) in [7, 11) is 1.75. The Morgan fingerprint density at radius 2 is 2.07 bits per heavy atom. The van der Waals surface area contributed by atoms with Gasteiger partial charge in [0.25, 0.3) is 0 Å². The van der Waals surface area contributed by atoms with Crippen LogP contribution in [-0.4, -0.2) is 48.5 Å². The first-order valence-electron chi connectivity index (χ1n) is 10.1. The molecule has 0 aliphatic rings. The van der Waals surface area contributed by atoms with E-state index in [-0.39, 0.29) is 12.5 Å². The number of rotatable bonds is 12. The van der Waals surface area contributed by atoms with Gasteiger partial charge in [-0.2, -0.15) is 5.10 Å². The molecule has 0 fully saturated rings. The van der Waals surface area contributed by atoms with Crippen molar-refractivity contribution in [3.05, 3.63) is 48.3 Å². The lowest BCUT2D eigenvalue weighted by Crippen LogP contribution is -2.37. The summed E-state index contributed by atoms with van der Waals surface area (Å²) < 4.78 is 7.14. The van der Waals surface area contributed by atoms with Gasteiger partial charge in [-0.1, -0.05) is 25.5 Å². The third-order valence-electron chi connectivity index (χ3n) is 4.16. The number of benzene rings is 1. The highest BCUT2D eigenvalue weighted by Crippen LogP contribution is 2.10. The molecule has 8 heteroatoms. The normalized spacial score (nSPS) is 11.3. The molecule has 158 valence electrons. The first-order chi connectivity index (χ1) is 14.2. The van der Waals surface area contributed by atoms with Gasteiger partial charge in [0.05, 0.1) is 0 Å². The molecule has 0 unspecified atom stereocenters. The number of amides is 1. The van der Waals surface area contributed by atoms with Crippen molar-refractivity contribution in [3.63, 3.8) is 0 Å². The van der Waals surface area contributed by atoms with Gasteiger partial charge in [-0.3, -0.25) is 14.5 Å². The molecule has 1 amide bonds. The predicted octanol–water partition coefficient (Wildman–Crippen LogP) is 2.39. The lowest BCUT2D eigenvalue weighted by molar-refractivity contribution is -0.116. The van der Waals surface area contributed by atoms with Crippen LogP contribution in [0.2, 0.25) is 0 Å². The number of ether oxygens (including phenoxy) is 1. The fourth-order valence-electron chi connectivity index (χ4n) is 2.64. The number of aromatic nitrogens is 2. The van der Waals surface area contributed by atoms with E-state index in [2.05, 4.69) is 33.0 Å². The number of carbonyl (C=O) groups is 1. The van der Waals surface area contributed by atoms with Gasteiger partial charge < -0.3 is 20.7 Å². The maximum atomic E-state index is 12.1. The second-order valence-corrected chi connectivity index (χ2v) is 6.62. The molecule has 1 aromatic carbocycles. The summed E-state index contributed by atoms with van der Waals surface area (Å²) >= 11 is 0. The molecule has 0 atom stereocenters. The van der Waals surface area contributed by atoms with E-state index in [1.165, 1.54) is 0 Å². The summed E-state index contributed by atoms with van der Waals surface area (Å²) in [5, 5.41) is 13.5. The maximum Gasteiger partial charge on any atom is 0.246 e. The van der Waals surface area contributed by atoms with Crippen molar-refractivity contribution < 1.29 is 9.53 Å². The minimum Gasteiger partial charge on any atom is -0.381 e. The highest BCUT2D eigenvalue weighted by atomic mass is 16.5. The zero-order chi connectivity index (χ0) is 20.7. The third-order valence-corrected chi connectivity index (χ3v) is 4.16. The van der Waals surface area contributed by atoms with E-state index in [0.717, 1.165) is 56.2 Å². The molecular formula is C21H32N6O2. The molecule has 0 radical (unpaired) electrons. The van der Waals surface area contributed by atoms with Crippen LogP contribution in [0.3, 0.4) is 0 Å². The smallest absolute Gasteiger partial charge is 0.246 e. The van der Waals surface area contributed by atoms with Crippen LogP contribution in [0.15, 0.2) is 47.7 Å². The largest absolute Gasteiger partial charge is 0.381 e. The topological polar surface area (TPSA) is 92.6 Å². The Bertz CT molecular complexity index is 745. The molecule has 0 aliphatic heterocycles. The molecule has 8 nitrogen and oxygen atoms in total. The second kappa shape index (κ2) is 13.3. The number of unbranched alkanes of at least 4 members (excludes halogenated alkanes) is 1. The van der Waals surface area contributed by atoms with Crippen molar-refractivity contribution in [1.82, 2.24) is 20.4 Å².